The third-order valence-corrected chi connectivity index (χ3v) is 4.96. The second-order valence-corrected chi connectivity index (χ2v) is 6.74. The number of hydrogen-bond donors (Lipinski definition) is 1. The van der Waals surface area contributed by atoms with Crippen LogP contribution in [0, 0.1) is 0 Å². The Morgan fingerprint density at radius 2 is 1.85 bits per heavy atom. The highest BCUT2D eigenvalue weighted by molar-refractivity contribution is 6.50. The van der Waals surface area contributed by atoms with E-state index < -0.39 is 0 Å². The van der Waals surface area contributed by atoms with Crippen molar-refractivity contribution in [1.29, 1.82) is 0 Å². The molecule has 2 aliphatic rings. The van der Waals surface area contributed by atoms with Crippen LogP contribution in [0.5, 0.6) is 0 Å². The third-order valence-electron chi connectivity index (χ3n) is 4.96. The highest BCUT2D eigenvalue weighted by Crippen LogP contribution is 2.51. The summed E-state index contributed by atoms with van der Waals surface area (Å²) in [5, 5.41) is -0.232. The van der Waals surface area contributed by atoms with Crippen molar-refractivity contribution in [1.82, 2.24) is 0 Å². The lowest BCUT2D eigenvalue weighted by Crippen LogP contribution is -2.41. The van der Waals surface area contributed by atoms with E-state index in [4.69, 9.17) is 15.0 Å². The smallest absolute Gasteiger partial charge is 0.403 e. The van der Waals surface area contributed by atoms with Gasteiger partial charge in [-0.2, -0.15) is 0 Å². The highest BCUT2D eigenvalue weighted by Gasteiger charge is 2.58. The maximum absolute atomic E-state index is 11.2. The summed E-state index contributed by atoms with van der Waals surface area (Å²) in [6.45, 7) is 10.3. The highest BCUT2D eigenvalue weighted by atomic mass is 16.7. The minimum absolute atomic E-state index is 0.232. The maximum atomic E-state index is 11.2. The Labute approximate surface area is 121 Å². The summed E-state index contributed by atoms with van der Waals surface area (Å²) < 4.78 is 12.3. The molecule has 1 aliphatic carbocycles. The Bertz CT molecular complexity index is 466. The zero-order valence-electron chi connectivity index (χ0n) is 13.0. The minimum atomic E-state index is -0.389. The lowest BCUT2D eigenvalue weighted by Gasteiger charge is -2.32. The Kier molecular flexibility index (Phi) is 3.63. The van der Waals surface area contributed by atoms with Crippen molar-refractivity contribution in [3.63, 3.8) is 0 Å². The van der Waals surface area contributed by atoms with Gasteiger partial charge < -0.3 is 15.0 Å². The molecule has 0 aromatic heterocycles. The number of allylic oxidation sites excluding steroid dienone is 2. The van der Waals surface area contributed by atoms with E-state index in [2.05, 4.69) is 6.92 Å². The van der Waals surface area contributed by atoms with Crippen LogP contribution in [0.1, 0.15) is 47.5 Å². The van der Waals surface area contributed by atoms with Gasteiger partial charge in [0.15, 0.2) is 0 Å². The van der Waals surface area contributed by atoms with E-state index >= 15 is 0 Å². The summed E-state index contributed by atoms with van der Waals surface area (Å²) in [4.78, 5) is 11.2. The fourth-order valence-corrected chi connectivity index (χ4v) is 2.56. The summed E-state index contributed by atoms with van der Waals surface area (Å²) in [7, 11) is -0.306. The van der Waals surface area contributed by atoms with E-state index in [9.17, 15) is 4.79 Å². The number of carbonyl (C=O) groups excluding carboxylic acids is 1. The summed E-state index contributed by atoms with van der Waals surface area (Å²) in [5.41, 5.74) is 5.18. The zero-order valence-corrected chi connectivity index (χ0v) is 13.0. The topological polar surface area (TPSA) is 61.6 Å². The number of carbonyl (C=O) groups is 1. The van der Waals surface area contributed by atoms with Crippen LogP contribution in [0.15, 0.2) is 23.8 Å². The lowest BCUT2D eigenvalue weighted by atomic mass is 9.52. The molecule has 1 atom stereocenters. The van der Waals surface area contributed by atoms with Crippen LogP contribution in [-0.2, 0) is 14.1 Å². The van der Waals surface area contributed by atoms with E-state index in [1.54, 1.807) is 6.08 Å². The lowest BCUT2D eigenvalue weighted by molar-refractivity contribution is -0.114. The molecule has 0 radical (unpaired) electrons. The second kappa shape index (κ2) is 4.74. The fourth-order valence-electron chi connectivity index (χ4n) is 2.56. The van der Waals surface area contributed by atoms with Crippen molar-refractivity contribution in [2.24, 2.45) is 5.73 Å². The van der Waals surface area contributed by atoms with Crippen molar-refractivity contribution in [3.05, 3.63) is 23.8 Å². The summed E-state index contributed by atoms with van der Waals surface area (Å²) in [5.74, 6) is -0.389. The molecule has 2 N–H and O–H groups in total. The average molecular weight is 277 g/mol. The molecule has 0 spiro atoms. The molecule has 4 nitrogen and oxygen atoms in total. The predicted molar refractivity (Wildman–Crippen MR) is 80.1 cm³/mol. The maximum Gasteiger partial charge on any atom is 0.468 e. The molecule has 1 unspecified atom stereocenters. The van der Waals surface area contributed by atoms with Crippen molar-refractivity contribution in [2.75, 3.05) is 0 Å². The van der Waals surface area contributed by atoms with Gasteiger partial charge in [0.1, 0.15) is 0 Å². The number of primary amides is 1. The van der Waals surface area contributed by atoms with Crippen LogP contribution in [0.2, 0.25) is 5.31 Å². The Morgan fingerprint density at radius 3 is 2.20 bits per heavy atom. The second-order valence-electron chi connectivity index (χ2n) is 6.74. The Morgan fingerprint density at radius 1 is 1.30 bits per heavy atom. The number of rotatable bonds is 3. The van der Waals surface area contributed by atoms with Gasteiger partial charge in [-0.05, 0) is 40.5 Å². The van der Waals surface area contributed by atoms with Gasteiger partial charge >= 0.3 is 7.12 Å². The quantitative estimate of drug-likeness (QED) is 0.806. The van der Waals surface area contributed by atoms with Crippen molar-refractivity contribution < 1.29 is 14.1 Å². The molecule has 1 saturated heterocycles. The Balaban J connectivity index is 2.24. The predicted octanol–water partition coefficient (Wildman–Crippen LogP) is 2.60. The molecule has 1 heterocycles. The molecule has 110 valence electrons. The van der Waals surface area contributed by atoms with Crippen LogP contribution >= 0.6 is 0 Å². The molecule has 1 fully saturated rings. The SMILES string of the molecule is CCC1(B2OC(C)(C)C(C)(C)O2)C=CC(C(N)=O)=CC1. The monoisotopic (exact) mass is 277 g/mol. The normalized spacial score (nSPS) is 31.2. The van der Waals surface area contributed by atoms with Crippen LogP contribution < -0.4 is 5.73 Å². The standard InChI is InChI=1S/C15H24BNO3/c1-6-15(9-7-11(8-10-15)12(17)18)16-19-13(2,3)14(4,5)20-16/h7-9H,6,10H2,1-5H3,(H2,17,18). The van der Waals surface area contributed by atoms with Gasteiger partial charge in [-0.1, -0.05) is 25.2 Å². The number of hydrogen-bond acceptors (Lipinski definition) is 3. The van der Waals surface area contributed by atoms with Crippen molar-refractivity contribution in [2.45, 2.75) is 64.0 Å². The van der Waals surface area contributed by atoms with Crippen LogP contribution in [-0.4, -0.2) is 24.2 Å². The van der Waals surface area contributed by atoms with Crippen molar-refractivity contribution in [3.8, 4) is 0 Å². The van der Waals surface area contributed by atoms with Gasteiger partial charge in [0.2, 0.25) is 5.91 Å². The van der Waals surface area contributed by atoms with Crippen molar-refractivity contribution >= 4 is 13.0 Å². The van der Waals surface area contributed by atoms with Gasteiger partial charge in [-0.3, -0.25) is 4.79 Å². The summed E-state index contributed by atoms with van der Waals surface area (Å²) >= 11 is 0. The van der Waals surface area contributed by atoms with E-state index in [0.717, 1.165) is 6.42 Å². The van der Waals surface area contributed by atoms with E-state index in [1.807, 2.05) is 39.8 Å². The van der Waals surface area contributed by atoms with Crippen LogP contribution in [0.3, 0.4) is 0 Å². The zero-order chi connectivity index (χ0) is 15.2. The van der Waals surface area contributed by atoms with E-state index in [1.165, 1.54) is 0 Å². The summed E-state index contributed by atoms with van der Waals surface area (Å²) in [6, 6.07) is 0. The molecule has 0 aromatic carbocycles. The molecule has 1 amide bonds. The van der Waals surface area contributed by atoms with Gasteiger partial charge in [0, 0.05) is 10.9 Å². The molecule has 0 bridgehead atoms. The van der Waals surface area contributed by atoms with Gasteiger partial charge in [0.25, 0.3) is 0 Å². The van der Waals surface area contributed by atoms with Gasteiger partial charge in [-0.15, -0.1) is 0 Å². The first-order valence-electron chi connectivity index (χ1n) is 7.18. The van der Waals surface area contributed by atoms with Crippen LogP contribution in [0.4, 0.5) is 0 Å². The molecule has 2 rings (SSSR count). The first kappa shape index (κ1) is 15.3. The fraction of sp³-hybridized carbons (Fsp3) is 0.667. The van der Waals surface area contributed by atoms with Crippen LogP contribution in [0.25, 0.3) is 0 Å². The number of nitrogens with two attached hydrogens (primary N) is 1. The molecule has 0 aromatic rings. The number of amides is 1. The molecule has 5 heteroatoms. The molecular weight excluding hydrogens is 253 g/mol. The van der Waals surface area contributed by atoms with Gasteiger partial charge in [0.05, 0.1) is 11.2 Å². The minimum Gasteiger partial charge on any atom is -0.403 e. The molecule has 1 aliphatic heterocycles. The van der Waals surface area contributed by atoms with E-state index in [-0.39, 0.29) is 29.5 Å². The average Bonchev–Trinajstić information content (AvgIpc) is 2.59. The third kappa shape index (κ3) is 2.33. The van der Waals surface area contributed by atoms with Gasteiger partial charge in [-0.25, -0.2) is 0 Å². The molecule has 20 heavy (non-hydrogen) atoms. The molecule has 0 saturated carbocycles. The first-order valence-corrected chi connectivity index (χ1v) is 7.18. The molecular formula is C15H24BNO3. The Hall–Kier alpha value is -1.07. The largest absolute Gasteiger partial charge is 0.468 e. The first-order chi connectivity index (χ1) is 9.13. The summed E-state index contributed by atoms with van der Waals surface area (Å²) in [6.07, 6.45) is 7.28. The van der Waals surface area contributed by atoms with E-state index in [0.29, 0.717) is 12.0 Å².